The number of benzene rings is 1. The lowest BCUT2D eigenvalue weighted by Gasteiger charge is -2.08. The van der Waals surface area contributed by atoms with Crippen LogP contribution in [0, 0.1) is 24.1 Å². The van der Waals surface area contributed by atoms with E-state index in [4.69, 9.17) is 5.26 Å². The van der Waals surface area contributed by atoms with Gasteiger partial charge in [0.15, 0.2) is 5.69 Å². The van der Waals surface area contributed by atoms with E-state index >= 15 is 0 Å². The molecule has 0 aliphatic carbocycles. The maximum absolute atomic E-state index is 13.2. The number of nitrogens with one attached hydrogen (secondary N) is 1. The summed E-state index contributed by atoms with van der Waals surface area (Å²) >= 11 is 0. The van der Waals surface area contributed by atoms with Gasteiger partial charge in [0.2, 0.25) is 0 Å². The molecule has 0 bridgehead atoms. The maximum Gasteiger partial charge on any atom is 0.163 e. The van der Waals surface area contributed by atoms with Crippen molar-refractivity contribution >= 4 is 11.4 Å². The molecule has 0 amide bonds. The minimum Gasteiger partial charge on any atom is -0.353 e. The molecule has 2 aromatic rings. The van der Waals surface area contributed by atoms with Crippen LogP contribution in [-0.4, -0.2) is 4.98 Å². The van der Waals surface area contributed by atoms with Crippen molar-refractivity contribution in [1.29, 1.82) is 5.26 Å². The molecule has 0 spiro atoms. The summed E-state index contributed by atoms with van der Waals surface area (Å²) in [5.41, 5.74) is 2.27. The number of nitriles is 1. The number of hydrogen-bond donors (Lipinski definition) is 1. The van der Waals surface area contributed by atoms with Gasteiger partial charge in [-0.3, -0.25) is 0 Å². The molecule has 3 nitrogen and oxygen atoms in total. The second kappa shape index (κ2) is 4.62. The van der Waals surface area contributed by atoms with E-state index < -0.39 is 0 Å². The summed E-state index contributed by atoms with van der Waals surface area (Å²) in [6.07, 6.45) is 1.54. The quantitative estimate of drug-likeness (QED) is 0.857. The SMILES string of the molecule is Cc1cc(F)cc(Nc2cccnc2C#N)c1. The van der Waals surface area contributed by atoms with Gasteiger partial charge in [-0.25, -0.2) is 9.37 Å². The van der Waals surface area contributed by atoms with Crippen LogP contribution in [0.5, 0.6) is 0 Å². The zero-order valence-electron chi connectivity index (χ0n) is 9.24. The number of halogens is 1. The molecule has 0 atom stereocenters. The van der Waals surface area contributed by atoms with E-state index in [1.54, 1.807) is 24.4 Å². The number of pyridine rings is 1. The van der Waals surface area contributed by atoms with E-state index in [2.05, 4.69) is 10.3 Å². The first-order valence-corrected chi connectivity index (χ1v) is 5.08. The standard InChI is InChI=1S/C13H10FN3/c1-9-5-10(14)7-11(6-9)17-12-3-2-4-16-13(12)8-15/h2-7,17H,1H3. The molecule has 0 fully saturated rings. The van der Waals surface area contributed by atoms with E-state index in [-0.39, 0.29) is 11.5 Å². The average molecular weight is 227 g/mol. The third kappa shape index (κ3) is 2.58. The number of hydrogen-bond acceptors (Lipinski definition) is 3. The molecule has 1 heterocycles. The Morgan fingerprint density at radius 2 is 2.18 bits per heavy atom. The van der Waals surface area contributed by atoms with Crippen LogP contribution in [0.3, 0.4) is 0 Å². The summed E-state index contributed by atoms with van der Waals surface area (Å²) in [4.78, 5) is 3.92. The van der Waals surface area contributed by atoms with Crippen LogP contribution in [0.1, 0.15) is 11.3 Å². The molecule has 2 rings (SSSR count). The predicted molar refractivity (Wildman–Crippen MR) is 63.4 cm³/mol. The fraction of sp³-hybridized carbons (Fsp3) is 0.0769. The average Bonchev–Trinajstić information content (AvgIpc) is 2.28. The number of rotatable bonds is 2. The van der Waals surface area contributed by atoms with Crippen LogP contribution < -0.4 is 5.32 Å². The van der Waals surface area contributed by atoms with Gasteiger partial charge in [0.25, 0.3) is 0 Å². The molecular weight excluding hydrogens is 217 g/mol. The highest BCUT2D eigenvalue weighted by molar-refractivity contribution is 5.64. The van der Waals surface area contributed by atoms with Crippen molar-refractivity contribution < 1.29 is 4.39 Å². The van der Waals surface area contributed by atoms with Crippen molar-refractivity contribution in [3.05, 3.63) is 53.6 Å². The maximum atomic E-state index is 13.2. The third-order valence-corrected chi connectivity index (χ3v) is 2.23. The van der Waals surface area contributed by atoms with Crippen molar-refractivity contribution in [1.82, 2.24) is 4.98 Å². The highest BCUT2D eigenvalue weighted by Gasteiger charge is 2.03. The van der Waals surface area contributed by atoms with Crippen LogP contribution in [0.4, 0.5) is 15.8 Å². The Kier molecular flexibility index (Phi) is 3.01. The van der Waals surface area contributed by atoms with Gasteiger partial charge in [-0.15, -0.1) is 0 Å². The number of anilines is 2. The van der Waals surface area contributed by atoms with E-state index in [0.29, 0.717) is 11.4 Å². The topological polar surface area (TPSA) is 48.7 Å². The van der Waals surface area contributed by atoms with Crippen molar-refractivity contribution in [2.24, 2.45) is 0 Å². The van der Waals surface area contributed by atoms with Crippen LogP contribution in [0.2, 0.25) is 0 Å². The van der Waals surface area contributed by atoms with Crippen LogP contribution >= 0.6 is 0 Å². The Hall–Kier alpha value is -2.41. The largest absolute Gasteiger partial charge is 0.353 e. The van der Waals surface area contributed by atoms with Crippen LogP contribution in [0.25, 0.3) is 0 Å². The fourth-order valence-corrected chi connectivity index (χ4v) is 1.56. The fourth-order valence-electron chi connectivity index (χ4n) is 1.56. The van der Waals surface area contributed by atoms with Gasteiger partial charge in [0, 0.05) is 11.9 Å². The first kappa shape index (κ1) is 11.1. The second-order valence-corrected chi connectivity index (χ2v) is 3.65. The molecule has 0 saturated heterocycles. The molecule has 4 heteroatoms. The van der Waals surface area contributed by atoms with Crippen molar-refractivity contribution in [2.75, 3.05) is 5.32 Å². The Labute approximate surface area is 98.5 Å². The van der Waals surface area contributed by atoms with E-state index in [9.17, 15) is 4.39 Å². The molecule has 17 heavy (non-hydrogen) atoms. The smallest absolute Gasteiger partial charge is 0.163 e. The normalized spacial score (nSPS) is 9.71. The lowest BCUT2D eigenvalue weighted by atomic mass is 10.2. The minimum absolute atomic E-state index is 0.286. The Balaban J connectivity index is 2.35. The first-order chi connectivity index (χ1) is 8.19. The van der Waals surface area contributed by atoms with Crippen molar-refractivity contribution in [3.63, 3.8) is 0 Å². The molecule has 0 radical (unpaired) electrons. The lowest BCUT2D eigenvalue weighted by molar-refractivity contribution is 0.627. The summed E-state index contributed by atoms with van der Waals surface area (Å²) in [5, 5.41) is 11.9. The van der Waals surface area contributed by atoms with Crippen molar-refractivity contribution in [3.8, 4) is 6.07 Å². The molecule has 0 saturated carbocycles. The summed E-state index contributed by atoms with van der Waals surface area (Å²) in [6.45, 7) is 1.81. The van der Waals surface area contributed by atoms with Gasteiger partial charge in [-0.05, 0) is 42.8 Å². The molecule has 0 unspecified atom stereocenters. The van der Waals surface area contributed by atoms with Gasteiger partial charge in [0.1, 0.15) is 11.9 Å². The second-order valence-electron chi connectivity index (χ2n) is 3.65. The van der Waals surface area contributed by atoms with Gasteiger partial charge >= 0.3 is 0 Å². The van der Waals surface area contributed by atoms with Crippen molar-refractivity contribution in [2.45, 2.75) is 6.92 Å². The van der Waals surface area contributed by atoms with E-state index in [1.807, 2.05) is 13.0 Å². The van der Waals surface area contributed by atoms with Gasteiger partial charge in [0.05, 0.1) is 5.69 Å². The highest BCUT2D eigenvalue weighted by Crippen LogP contribution is 2.20. The molecule has 1 N–H and O–H groups in total. The lowest BCUT2D eigenvalue weighted by Crippen LogP contribution is -1.96. The minimum atomic E-state index is -0.310. The number of aryl methyl sites for hydroxylation is 1. The van der Waals surface area contributed by atoms with Gasteiger partial charge in [-0.2, -0.15) is 5.26 Å². The number of aromatic nitrogens is 1. The summed E-state index contributed by atoms with van der Waals surface area (Å²) in [5.74, 6) is -0.310. The monoisotopic (exact) mass is 227 g/mol. The summed E-state index contributed by atoms with van der Waals surface area (Å²) < 4.78 is 13.2. The van der Waals surface area contributed by atoms with Gasteiger partial charge < -0.3 is 5.32 Å². The first-order valence-electron chi connectivity index (χ1n) is 5.08. The van der Waals surface area contributed by atoms with Gasteiger partial charge in [-0.1, -0.05) is 0 Å². The highest BCUT2D eigenvalue weighted by atomic mass is 19.1. The van der Waals surface area contributed by atoms with E-state index in [1.165, 1.54) is 12.1 Å². The Morgan fingerprint density at radius 3 is 2.88 bits per heavy atom. The molecule has 84 valence electrons. The zero-order chi connectivity index (χ0) is 12.3. The molecular formula is C13H10FN3. The summed E-state index contributed by atoms with van der Waals surface area (Å²) in [6, 6.07) is 10.0. The molecule has 1 aromatic carbocycles. The third-order valence-electron chi connectivity index (χ3n) is 2.23. The Morgan fingerprint density at radius 1 is 1.35 bits per heavy atom. The predicted octanol–water partition coefficient (Wildman–Crippen LogP) is 3.14. The molecule has 1 aromatic heterocycles. The molecule has 0 aliphatic rings. The number of nitrogens with zero attached hydrogens (tertiary/aromatic N) is 2. The van der Waals surface area contributed by atoms with E-state index in [0.717, 1.165) is 5.56 Å². The Bertz CT molecular complexity index is 567. The molecule has 0 aliphatic heterocycles. The summed E-state index contributed by atoms with van der Waals surface area (Å²) in [7, 11) is 0. The zero-order valence-corrected chi connectivity index (χ0v) is 9.24. The van der Waals surface area contributed by atoms with Crippen LogP contribution in [-0.2, 0) is 0 Å². The van der Waals surface area contributed by atoms with Crippen LogP contribution in [0.15, 0.2) is 36.5 Å².